The molecule has 6 nitrogen and oxygen atoms in total. The highest BCUT2D eigenvalue weighted by Crippen LogP contribution is 2.44. The first-order chi connectivity index (χ1) is 9.66. The van der Waals surface area contributed by atoms with Crippen LogP contribution in [0.2, 0.25) is 0 Å². The molecule has 1 spiro atoms. The van der Waals surface area contributed by atoms with Crippen molar-refractivity contribution in [2.24, 2.45) is 11.7 Å². The minimum atomic E-state index is -1.63. The summed E-state index contributed by atoms with van der Waals surface area (Å²) in [5.41, 5.74) is 4.84. The van der Waals surface area contributed by atoms with Gasteiger partial charge in [-0.3, -0.25) is 14.5 Å². The van der Waals surface area contributed by atoms with E-state index in [9.17, 15) is 14.7 Å². The number of likely N-dealkylation sites (tertiary alicyclic amines) is 2. The molecule has 0 aromatic rings. The predicted molar refractivity (Wildman–Crippen MR) is 82.7 cm³/mol. The second-order valence-electron chi connectivity index (χ2n) is 6.63. The van der Waals surface area contributed by atoms with E-state index in [1.165, 1.54) is 11.8 Å². The molecule has 7 heteroatoms. The molecule has 0 aliphatic carbocycles. The average molecular weight is 315 g/mol. The van der Waals surface area contributed by atoms with Crippen molar-refractivity contribution in [2.45, 2.75) is 50.1 Å². The molecule has 21 heavy (non-hydrogen) atoms. The van der Waals surface area contributed by atoms with Crippen molar-refractivity contribution >= 4 is 24.4 Å². The maximum atomic E-state index is 12.7. The molecule has 0 bridgehead atoms. The molecular weight excluding hydrogens is 290 g/mol. The number of β-lactam (4-membered cyclic amide) rings is 1. The van der Waals surface area contributed by atoms with Crippen molar-refractivity contribution in [3.63, 3.8) is 0 Å². The van der Waals surface area contributed by atoms with Crippen LogP contribution in [0.4, 0.5) is 0 Å². The van der Waals surface area contributed by atoms with Crippen LogP contribution in [0.25, 0.3) is 0 Å². The van der Waals surface area contributed by atoms with Gasteiger partial charge in [0.25, 0.3) is 5.91 Å². The average Bonchev–Trinajstić information content (AvgIpc) is 2.79. The largest absolute Gasteiger partial charge is 0.389 e. The number of carbonyl (C=O) groups excluding carboxylic acids is 2. The molecular formula is C14H25N3O3S. The number of aliphatic hydroxyl groups excluding tert-OH is 1. The molecule has 2 fully saturated rings. The van der Waals surface area contributed by atoms with Crippen LogP contribution in [0.15, 0.2) is 0 Å². The Bertz CT molecular complexity index is 457. The summed E-state index contributed by atoms with van der Waals surface area (Å²) in [6, 6.07) is 0. The number of hydrogen-bond donors (Lipinski definition) is 3. The Morgan fingerprint density at radius 1 is 1.52 bits per heavy atom. The number of rotatable bonds is 5. The van der Waals surface area contributed by atoms with Crippen LogP contribution < -0.4 is 5.73 Å². The zero-order chi connectivity index (χ0) is 16.0. The van der Waals surface area contributed by atoms with Crippen molar-refractivity contribution in [3.8, 4) is 0 Å². The van der Waals surface area contributed by atoms with Crippen LogP contribution in [0.3, 0.4) is 0 Å². The third kappa shape index (κ3) is 2.35. The number of amides is 2. The number of hydrogen-bond acceptors (Lipinski definition) is 5. The zero-order valence-electron chi connectivity index (χ0n) is 12.9. The lowest BCUT2D eigenvalue weighted by Gasteiger charge is -2.57. The van der Waals surface area contributed by atoms with Crippen LogP contribution in [0, 0.1) is 5.92 Å². The Hall–Kier alpha value is -0.790. The zero-order valence-corrected chi connectivity index (χ0v) is 13.8. The Kier molecular flexibility index (Phi) is 4.30. The quantitative estimate of drug-likeness (QED) is 0.485. The van der Waals surface area contributed by atoms with Gasteiger partial charge < -0.3 is 15.7 Å². The fourth-order valence-corrected chi connectivity index (χ4v) is 3.62. The molecule has 0 aromatic carbocycles. The lowest BCUT2D eigenvalue weighted by atomic mass is 9.82. The van der Waals surface area contributed by atoms with E-state index in [4.69, 9.17) is 5.73 Å². The van der Waals surface area contributed by atoms with E-state index in [2.05, 4.69) is 31.4 Å². The molecule has 2 heterocycles. The fourth-order valence-electron chi connectivity index (χ4n) is 3.46. The Morgan fingerprint density at radius 2 is 2.14 bits per heavy atom. The first-order valence-electron chi connectivity index (χ1n) is 7.43. The lowest BCUT2D eigenvalue weighted by Crippen LogP contribution is -2.79. The van der Waals surface area contributed by atoms with Crippen molar-refractivity contribution in [2.75, 3.05) is 19.6 Å². The summed E-state index contributed by atoms with van der Waals surface area (Å²) < 4.78 is 0. The molecule has 3 atom stereocenters. The van der Waals surface area contributed by atoms with Gasteiger partial charge in [-0.05, 0) is 32.2 Å². The Labute approximate surface area is 131 Å². The van der Waals surface area contributed by atoms with Crippen LogP contribution >= 0.6 is 12.6 Å². The second-order valence-corrected chi connectivity index (χ2v) is 7.31. The predicted octanol–water partition coefficient (Wildman–Crippen LogP) is -0.189. The summed E-state index contributed by atoms with van der Waals surface area (Å²) in [4.78, 5) is 26.3. The monoisotopic (exact) mass is 315 g/mol. The summed E-state index contributed by atoms with van der Waals surface area (Å²) in [6.07, 6.45) is 0.633. The molecule has 2 saturated heterocycles. The van der Waals surface area contributed by atoms with E-state index in [-0.39, 0.29) is 5.91 Å². The molecule has 0 unspecified atom stereocenters. The van der Waals surface area contributed by atoms with Gasteiger partial charge in [-0.25, -0.2) is 0 Å². The molecule has 3 N–H and O–H groups in total. The minimum Gasteiger partial charge on any atom is -0.389 e. The number of thiol groups is 1. The van der Waals surface area contributed by atoms with Crippen LogP contribution in [-0.4, -0.2) is 62.9 Å². The smallest absolute Gasteiger partial charge is 0.256 e. The van der Waals surface area contributed by atoms with E-state index >= 15 is 0 Å². The number of primary amides is 1. The molecule has 0 radical (unpaired) electrons. The molecule has 2 aliphatic heterocycles. The third-order valence-electron chi connectivity index (χ3n) is 4.63. The van der Waals surface area contributed by atoms with E-state index in [1.54, 1.807) is 0 Å². The first-order valence-corrected chi connectivity index (χ1v) is 7.88. The van der Waals surface area contributed by atoms with E-state index in [0.717, 1.165) is 25.9 Å². The molecule has 0 aromatic heterocycles. The second kappa shape index (κ2) is 5.44. The van der Waals surface area contributed by atoms with E-state index in [1.807, 2.05) is 0 Å². The maximum Gasteiger partial charge on any atom is 0.256 e. The SMILES string of the molecule is CC(C)CN1CCC[C@@]12CN([C@@](S)(C(N)=O)[C@@H](C)O)C2=O. The number of carbonyl (C=O) groups is 2. The number of nitrogens with two attached hydrogens (primary N) is 1. The summed E-state index contributed by atoms with van der Waals surface area (Å²) >= 11 is 4.23. The summed E-state index contributed by atoms with van der Waals surface area (Å²) in [6.45, 7) is 7.81. The highest BCUT2D eigenvalue weighted by Gasteiger charge is 2.64. The third-order valence-corrected chi connectivity index (χ3v) is 5.46. The van der Waals surface area contributed by atoms with Gasteiger partial charge in [-0.2, -0.15) is 0 Å². The standard InChI is InChI=1S/C14H25N3O3S/c1-9(2)7-16-6-4-5-13(16)8-17(12(13)20)14(21,10(3)18)11(15)19/h9-10,18,21H,4-8H2,1-3H3,(H2,15,19)/t10-,13+,14+/m1/s1. The Balaban J connectivity index is 2.21. The highest BCUT2D eigenvalue weighted by atomic mass is 32.1. The van der Waals surface area contributed by atoms with Crippen molar-refractivity contribution in [1.29, 1.82) is 0 Å². The molecule has 0 saturated carbocycles. The lowest BCUT2D eigenvalue weighted by molar-refractivity contribution is -0.175. The molecule has 2 amide bonds. The van der Waals surface area contributed by atoms with Gasteiger partial charge >= 0.3 is 0 Å². The van der Waals surface area contributed by atoms with Crippen molar-refractivity contribution < 1.29 is 14.7 Å². The van der Waals surface area contributed by atoms with Gasteiger partial charge in [0.15, 0.2) is 4.87 Å². The topological polar surface area (TPSA) is 86.9 Å². The van der Waals surface area contributed by atoms with Crippen molar-refractivity contribution in [3.05, 3.63) is 0 Å². The van der Waals surface area contributed by atoms with Crippen LogP contribution in [0.5, 0.6) is 0 Å². The molecule has 2 rings (SSSR count). The first kappa shape index (κ1) is 16.6. The summed E-state index contributed by atoms with van der Waals surface area (Å²) in [5, 5.41) is 9.85. The highest BCUT2D eigenvalue weighted by molar-refractivity contribution is 7.82. The summed E-state index contributed by atoms with van der Waals surface area (Å²) in [7, 11) is 0. The molecule has 2 aliphatic rings. The van der Waals surface area contributed by atoms with Gasteiger partial charge in [0.2, 0.25) is 5.91 Å². The Morgan fingerprint density at radius 3 is 2.57 bits per heavy atom. The minimum absolute atomic E-state index is 0.143. The normalized spacial score (nSPS) is 30.6. The van der Waals surface area contributed by atoms with Gasteiger partial charge in [0.05, 0.1) is 12.6 Å². The van der Waals surface area contributed by atoms with Gasteiger partial charge in [-0.15, -0.1) is 12.6 Å². The van der Waals surface area contributed by atoms with Gasteiger partial charge in [0, 0.05) is 6.54 Å². The van der Waals surface area contributed by atoms with Gasteiger partial charge in [0.1, 0.15) is 5.54 Å². The summed E-state index contributed by atoms with van der Waals surface area (Å²) in [5.74, 6) is -0.469. The maximum absolute atomic E-state index is 12.7. The molecule has 120 valence electrons. The van der Waals surface area contributed by atoms with Crippen LogP contribution in [-0.2, 0) is 9.59 Å². The van der Waals surface area contributed by atoms with E-state index < -0.39 is 22.4 Å². The van der Waals surface area contributed by atoms with Crippen LogP contribution in [0.1, 0.15) is 33.6 Å². The number of nitrogens with zero attached hydrogens (tertiary/aromatic N) is 2. The number of aliphatic hydroxyl groups is 1. The van der Waals surface area contributed by atoms with E-state index in [0.29, 0.717) is 12.5 Å². The van der Waals surface area contributed by atoms with Gasteiger partial charge in [-0.1, -0.05) is 13.8 Å². The van der Waals surface area contributed by atoms with Crippen molar-refractivity contribution in [1.82, 2.24) is 9.80 Å². The fraction of sp³-hybridized carbons (Fsp3) is 0.857.